The van der Waals surface area contributed by atoms with Gasteiger partial charge in [-0.3, -0.25) is 0 Å². The van der Waals surface area contributed by atoms with E-state index in [-0.39, 0.29) is 6.42 Å². The zero-order valence-electron chi connectivity index (χ0n) is 6.07. The van der Waals surface area contributed by atoms with Crippen LogP contribution in [0, 0.1) is 0 Å². The summed E-state index contributed by atoms with van der Waals surface area (Å²) in [5.41, 5.74) is 0. The molecule has 0 heterocycles. The van der Waals surface area contributed by atoms with E-state index in [1.165, 1.54) is 7.11 Å². The van der Waals surface area contributed by atoms with Crippen LogP contribution in [0.3, 0.4) is 0 Å². The van der Waals surface area contributed by atoms with E-state index in [0.717, 1.165) is 6.42 Å². The Morgan fingerprint density at radius 2 is 2.10 bits per heavy atom. The second kappa shape index (κ2) is 2.82. The van der Waals surface area contributed by atoms with Crippen LogP contribution in [0.25, 0.3) is 0 Å². The van der Waals surface area contributed by atoms with Gasteiger partial charge >= 0.3 is 0 Å². The Bertz CT molecular complexity index is 114. The Morgan fingerprint density at radius 1 is 1.40 bits per heavy atom. The lowest BCUT2D eigenvalue weighted by molar-refractivity contribution is -0.145. The molecule has 1 unspecified atom stereocenters. The number of alkyl halides is 2. The third-order valence-corrected chi connectivity index (χ3v) is 1.98. The largest absolute Gasteiger partial charge is 0.375 e. The molecule has 1 aliphatic carbocycles. The Balaban J connectivity index is 2.51. The van der Waals surface area contributed by atoms with Gasteiger partial charge in [0.15, 0.2) is 0 Å². The van der Waals surface area contributed by atoms with Gasteiger partial charge < -0.3 is 4.74 Å². The molecule has 0 aliphatic heterocycles. The monoisotopic (exact) mass is 150 g/mol. The van der Waals surface area contributed by atoms with E-state index in [9.17, 15) is 8.78 Å². The highest BCUT2D eigenvalue weighted by atomic mass is 19.3. The average Bonchev–Trinajstić information content (AvgIpc) is 1.87. The molecule has 3 heteroatoms. The summed E-state index contributed by atoms with van der Waals surface area (Å²) >= 11 is 0. The van der Waals surface area contributed by atoms with Crippen LogP contribution in [-0.2, 0) is 4.74 Å². The molecule has 0 saturated heterocycles. The van der Waals surface area contributed by atoms with Crippen LogP contribution in [0.5, 0.6) is 0 Å². The van der Waals surface area contributed by atoms with Crippen LogP contribution in [0.4, 0.5) is 8.78 Å². The van der Waals surface area contributed by atoms with Gasteiger partial charge in [-0.2, -0.15) is 0 Å². The molecule has 1 nitrogen and oxygen atoms in total. The molecular weight excluding hydrogens is 138 g/mol. The average molecular weight is 150 g/mol. The fourth-order valence-electron chi connectivity index (χ4n) is 1.35. The summed E-state index contributed by atoms with van der Waals surface area (Å²) < 4.78 is 30.1. The van der Waals surface area contributed by atoms with Crippen molar-refractivity contribution in [2.75, 3.05) is 7.11 Å². The minimum atomic E-state index is -2.58. The Labute approximate surface area is 59.4 Å². The molecule has 0 N–H and O–H groups in total. The molecule has 0 amide bonds. The quantitative estimate of drug-likeness (QED) is 0.556. The SMILES string of the molecule is COC1CCCCC1(F)F. The molecule has 1 aliphatic rings. The molecule has 0 spiro atoms. The van der Waals surface area contributed by atoms with Crippen LogP contribution in [0.15, 0.2) is 0 Å². The van der Waals surface area contributed by atoms with Gasteiger partial charge in [-0.1, -0.05) is 6.42 Å². The third kappa shape index (κ3) is 1.45. The lowest BCUT2D eigenvalue weighted by Gasteiger charge is -2.29. The van der Waals surface area contributed by atoms with E-state index in [2.05, 4.69) is 4.74 Å². The van der Waals surface area contributed by atoms with Crippen LogP contribution in [0.2, 0.25) is 0 Å². The molecule has 0 bridgehead atoms. The molecule has 10 heavy (non-hydrogen) atoms. The maximum absolute atomic E-state index is 12.7. The third-order valence-electron chi connectivity index (χ3n) is 1.98. The smallest absolute Gasteiger partial charge is 0.273 e. The first kappa shape index (κ1) is 7.92. The number of rotatable bonds is 1. The van der Waals surface area contributed by atoms with E-state index in [1.807, 2.05) is 0 Å². The van der Waals surface area contributed by atoms with E-state index in [4.69, 9.17) is 0 Å². The number of hydrogen-bond donors (Lipinski definition) is 0. The van der Waals surface area contributed by atoms with Crippen molar-refractivity contribution in [1.82, 2.24) is 0 Å². The van der Waals surface area contributed by atoms with Gasteiger partial charge in [-0.25, -0.2) is 8.78 Å². The van der Waals surface area contributed by atoms with Crippen LogP contribution < -0.4 is 0 Å². The first-order valence-corrected chi connectivity index (χ1v) is 3.57. The lowest BCUT2D eigenvalue weighted by atomic mass is 9.94. The van der Waals surface area contributed by atoms with Gasteiger partial charge in [0.05, 0.1) is 0 Å². The van der Waals surface area contributed by atoms with Crippen molar-refractivity contribution >= 4 is 0 Å². The van der Waals surface area contributed by atoms with Gasteiger partial charge in [-0.15, -0.1) is 0 Å². The predicted molar refractivity (Wildman–Crippen MR) is 34.2 cm³/mol. The normalized spacial score (nSPS) is 32.1. The standard InChI is InChI=1S/C7H12F2O/c1-10-6-4-2-3-5-7(6,8)9/h6H,2-5H2,1H3. The molecule has 0 aromatic carbocycles. The van der Waals surface area contributed by atoms with Crippen LogP contribution in [0.1, 0.15) is 25.7 Å². The molecule has 60 valence electrons. The van der Waals surface area contributed by atoms with Gasteiger partial charge in [0.1, 0.15) is 6.10 Å². The van der Waals surface area contributed by atoms with Crippen molar-refractivity contribution in [3.8, 4) is 0 Å². The lowest BCUT2D eigenvalue weighted by Crippen LogP contribution is -2.37. The molecule has 1 atom stereocenters. The molecule has 0 aromatic heterocycles. The highest BCUT2D eigenvalue weighted by Crippen LogP contribution is 2.34. The van der Waals surface area contributed by atoms with Crippen LogP contribution in [-0.4, -0.2) is 19.1 Å². The molecule has 1 saturated carbocycles. The Hall–Kier alpha value is -0.180. The maximum atomic E-state index is 12.7. The second-order valence-electron chi connectivity index (χ2n) is 2.73. The van der Waals surface area contributed by atoms with Gasteiger partial charge in [0.25, 0.3) is 5.92 Å². The minimum absolute atomic E-state index is 0.00843. The van der Waals surface area contributed by atoms with Gasteiger partial charge in [0.2, 0.25) is 0 Å². The van der Waals surface area contributed by atoms with Gasteiger partial charge in [-0.05, 0) is 12.8 Å². The predicted octanol–water partition coefficient (Wildman–Crippen LogP) is 2.21. The number of methoxy groups -OCH3 is 1. The van der Waals surface area contributed by atoms with E-state index < -0.39 is 12.0 Å². The summed E-state index contributed by atoms with van der Waals surface area (Å²) in [6.45, 7) is 0. The van der Waals surface area contributed by atoms with Crippen molar-refractivity contribution in [3.05, 3.63) is 0 Å². The summed E-state index contributed by atoms with van der Waals surface area (Å²) in [7, 11) is 1.35. The molecule has 1 fully saturated rings. The highest BCUT2D eigenvalue weighted by molar-refractivity contribution is 4.81. The molecule has 0 aromatic rings. The number of ether oxygens (including phenoxy) is 1. The highest BCUT2D eigenvalue weighted by Gasteiger charge is 2.41. The maximum Gasteiger partial charge on any atom is 0.273 e. The zero-order chi connectivity index (χ0) is 7.61. The summed E-state index contributed by atoms with van der Waals surface area (Å²) in [6, 6.07) is 0. The molecule has 0 radical (unpaired) electrons. The Morgan fingerprint density at radius 3 is 2.50 bits per heavy atom. The summed E-state index contributed by atoms with van der Waals surface area (Å²) in [6.07, 6.45) is 1.16. The Kier molecular flexibility index (Phi) is 2.24. The second-order valence-corrected chi connectivity index (χ2v) is 2.73. The topological polar surface area (TPSA) is 9.23 Å². The van der Waals surface area contributed by atoms with Crippen molar-refractivity contribution in [2.24, 2.45) is 0 Å². The first-order chi connectivity index (χ1) is 4.67. The van der Waals surface area contributed by atoms with Crippen LogP contribution >= 0.6 is 0 Å². The molecule has 1 rings (SSSR count). The fraction of sp³-hybridized carbons (Fsp3) is 1.00. The summed E-state index contributed by atoms with van der Waals surface area (Å²) in [5.74, 6) is -2.58. The summed E-state index contributed by atoms with van der Waals surface area (Å²) in [5, 5.41) is 0. The van der Waals surface area contributed by atoms with E-state index >= 15 is 0 Å². The fourth-order valence-corrected chi connectivity index (χ4v) is 1.35. The molecular formula is C7H12F2O. The van der Waals surface area contributed by atoms with Gasteiger partial charge in [0, 0.05) is 13.5 Å². The zero-order valence-corrected chi connectivity index (χ0v) is 6.07. The number of halogens is 2. The summed E-state index contributed by atoms with van der Waals surface area (Å²) in [4.78, 5) is 0. The van der Waals surface area contributed by atoms with Crippen molar-refractivity contribution < 1.29 is 13.5 Å². The van der Waals surface area contributed by atoms with Crippen molar-refractivity contribution in [2.45, 2.75) is 37.7 Å². The minimum Gasteiger partial charge on any atom is -0.375 e. The van der Waals surface area contributed by atoms with E-state index in [1.54, 1.807) is 0 Å². The van der Waals surface area contributed by atoms with Crippen molar-refractivity contribution in [3.63, 3.8) is 0 Å². The van der Waals surface area contributed by atoms with Crippen molar-refractivity contribution in [1.29, 1.82) is 0 Å². The number of hydrogen-bond acceptors (Lipinski definition) is 1. The first-order valence-electron chi connectivity index (χ1n) is 3.57. The van der Waals surface area contributed by atoms with E-state index in [0.29, 0.717) is 12.8 Å².